The molecular weight excluding hydrogens is 202 g/mol. The molecule has 1 unspecified atom stereocenters. The van der Waals surface area contributed by atoms with Gasteiger partial charge in [0.25, 0.3) is 0 Å². The first-order valence-corrected chi connectivity index (χ1v) is 5.52. The summed E-state index contributed by atoms with van der Waals surface area (Å²) >= 11 is 0. The monoisotopic (exact) mass is 225 g/mol. The summed E-state index contributed by atoms with van der Waals surface area (Å²) in [6.07, 6.45) is 5.00. The lowest BCUT2D eigenvalue weighted by Crippen LogP contribution is -2.35. The molecule has 0 saturated carbocycles. The molecule has 1 atom stereocenters. The highest BCUT2D eigenvalue weighted by Gasteiger charge is 2.23. The SMILES string of the molecule is C=CC(C)(CCC=C(C)C)CN(C)C(=O)O. The predicted molar refractivity (Wildman–Crippen MR) is 67.6 cm³/mol. The van der Waals surface area contributed by atoms with Crippen LogP contribution in [-0.2, 0) is 0 Å². The van der Waals surface area contributed by atoms with E-state index in [9.17, 15) is 4.79 Å². The summed E-state index contributed by atoms with van der Waals surface area (Å²) in [6.45, 7) is 10.5. The van der Waals surface area contributed by atoms with E-state index in [1.807, 2.05) is 13.0 Å². The second-order valence-electron chi connectivity index (χ2n) is 4.82. The molecule has 0 radical (unpaired) electrons. The van der Waals surface area contributed by atoms with Crippen molar-refractivity contribution < 1.29 is 9.90 Å². The number of amides is 1. The van der Waals surface area contributed by atoms with Crippen LogP contribution in [-0.4, -0.2) is 29.7 Å². The fourth-order valence-electron chi connectivity index (χ4n) is 1.55. The molecule has 0 aliphatic carbocycles. The van der Waals surface area contributed by atoms with Crippen LogP contribution in [0.2, 0.25) is 0 Å². The molecule has 0 bridgehead atoms. The van der Waals surface area contributed by atoms with Gasteiger partial charge in [-0.25, -0.2) is 4.79 Å². The van der Waals surface area contributed by atoms with E-state index in [0.29, 0.717) is 6.54 Å². The Labute approximate surface area is 98.5 Å². The van der Waals surface area contributed by atoms with Gasteiger partial charge in [0.15, 0.2) is 0 Å². The van der Waals surface area contributed by atoms with E-state index < -0.39 is 6.09 Å². The van der Waals surface area contributed by atoms with Gasteiger partial charge in [-0.2, -0.15) is 0 Å². The molecule has 16 heavy (non-hydrogen) atoms. The number of carboxylic acid groups (broad SMARTS) is 1. The molecule has 0 saturated heterocycles. The first-order chi connectivity index (χ1) is 7.30. The maximum Gasteiger partial charge on any atom is 0.407 e. The van der Waals surface area contributed by atoms with Gasteiger partial charge in [-0.1, -0.05) is 24.6 Å². The Morgan fingerprint density at radius 2 is 2.06 bits per heavy atom. The van der Waals surface area contributed by atoms with E-state index in [1.165, 1.54) is 10.5 Å². The van der Waals surface area contributed by atoms with Crippen LogP contribution in [0, 0.1) is 5.41 Å². The van der Waals surface area contributed by atoms with Crippen molar-refractivity contribution >= 4 is 6.09 Å². The number of nitrogens with zero attached hydrogens (tertiary/aromatic N) is 1. The summed E-state index contributed by atoms with van der Waals surface area (Å²) in [5, 5.41) is 8.83. The highest BCUT2D eigenvalue weighted by atomic mass is 16.4. The lowest BCUT2D eigenvalue weighted by atomic mass is 9.85. The van der Waals surface area contributed by atoms with Gasteiger partial charge in [0.1, 0.15) is 0 Å². The second kappa shape index (κ2) is 6.36. The Kier molecular flexibility index (Phi) is 5.86. The first-order valence-electron chi connectivity index (χ1n) is 5.52. The summed E-state index contributed by atoms with van der Waals surface area (Å²) in [7, 11) is 1.59. The lowest BCUT2D eigenvalue weighted by molar-refractivity contribution is 0.140. The molecule has 0 fully saturated rings. The average Bonchev–Trinajstić information content (AvgIpc) is 2.16. The predicted octanol–water partition coefficient (Wildman–Crippen LogP) is 3.53. The molecule has 0 aliphatic heterocycles. The van der Waals surface area contributed by atoms with Crippen molar-refractivity contribution in [1.82, 2.24) is 4.90 Å². The van der Waals surface area contributed by atoms with Crippen molar-refractivity contribution in [2.24, 2.45) is 5.41 Å². The Hall–Kier alpha value is -1.25. The van der Waals surface area contributed by atoms with E-state index in [0.717, 1.165) is 12.8 Å². The minimum absolute atomic E-state index is 0.154. The van der Waals surface area contributed by atoms with Gasteiger partial charge < -0.3 is 10.0 Å². The lowest BCUT2D eigenvalue weighted by Gasteiger charge is -2.29. The molecule has 1 amide bonds. The third-order valence-electron chi connectivity index (χ3n) is 2.69. The number of rotatable bonds is 6. The normalized spacial score (nSPS) is 13.8. The summed E-state index contributed by atoms with van der Waals surface area (Å²) in [5.41, 5.74) is 1.14. The van der Waals surface area contributed by atoms with Crippen LogP contribution in [0.4, 0.5) is 4.79 Å². The smallest absolute Gasteiger partial charge is 0.407 e. The standard InChI is InChI=1S/C13H23NO2/c1-6-13(4,9-7-8-11(2)3)10-14(5)12(15)16/h6,8H,1,7,9-10H2,2-5H3,(H,15,16). The Balaban J connectivity index is 4.36. The van der Waals surface area contributed by atoms with Gasteiger partial charge in [-0.05, 0) is 26.7 Å². The van der Waals surface area contributed by atoms with Crippen molar-refractivity contribution in [3.05, 3.63) is 24.3 Å². The third kappa shape index (κ3) is 5.59. The van der Waals surface area contributed by atoms with Crippen LogP contribution in [0.3, 0.4) is 0 Å². The summed E-state index contributed by atoms with van der Waals surface area (Å²) in [5.74, 6) is 0. The third-order valence-corrected chi connectivity index (χ3v) is 2.69. The molecule has 0 aromatic rings. The largest absolute Gasteiger partial charge is 0.465 e. The van der Waals surface area contributed by atoms with Crippen LogP contribution in [0.1, 0.15) is 33.6 Å². The van der Waals surface area contributed by atoms with E-state index in [2.05, 4.69) is 26.5 Å². The zero-order valence-corrected chi connectivity index (χ0v) is 10.8. The topological polar surface area (TPSA) is 40.5 Å². The van der Waals surface area contributed by atoms with Gasteiger partial charge in [0.2, 0.25) is 0 Å². The molecule has 0 rings (SSSR count). The summed E-state index contributed by atoms with van der Waals surface area (Å²) in [4.78, 5) is 12.1. The number of hydrogen-bond acceptors (Lipinski definition) is 1. The molecule has 1 N–H and O–H groups in total. The van der Waals surface area contributed by atoms with E-state index >= 15 is 0 Å². The van der Waals surface area contributed by atoms with Crippen LogP contribution in [0.5, 0.6) is 0 Å². The van der Waals surface area contributed by atoms with Crippen LogP contribution in [0.25, 0.3) is 0 Å². The maximum atomic E-state index is 10.8. The highest BCUT2D eigenvalue weighted by Crippen LogP contribution is 2.26. The van der Waals surface area contributed by atoms with Crippen molar-refractivity contribution in [3.63, 3.8) is 0 Å². The van der Waals surface area contributed by atoms with Gasteiger partial charge in [0.05, 0.1) is 0 Å². The Morgan fingerprint density at radius 1 is 1.50 bits per heavy atom. The van der Waals surface area contributed by atoms with Crippen molar-refractivity contribution in [1.29, 1.82) is 0 Å². The number of hydrogen-bond donors (Lipinski definition) is 1. The fourth-order valence-corrected chi connectivity index (χ4v) is 1.55. The number of carbonyl (C=O) groups is 1. The number of allylic oxidation sites excluding steroid dienone is 2. The van der Waals surface area contributed by atoms with Gasteiger partial charge in [-0.15, -0.1) is 6.58 Å². The van der Waals surface area contributed by atoms with E-state index in [-0.39, 0.29) is 5.41 Å². The van der Waals surface area contributed by atoms with Gasteiger partial charge in [-0.3, -0.25) is 0 Å². The minimum atomic E-state index is -0.893. The van der Waals surface area contributed by atoms with Crippen molar-refractivity contribution in [2.75, 3.05) is 13.6 Å². The second-order valence-corrected chi connectivity index (χ2v) is 4.82. The molecule has 3 nitrogen and oxygen atoms in total. The molecule has 0 aromatic heterocycles. The van der Waals surface area contributed by atoms with E-state index in [4.69, 9.17) is 5.11 Å². The fraction of sp³-hybridized carbons (Fsp3) is 0.615. The van der Waals surface area contributed by atoms with Crippen LogP contribution >= 0.6 is 0 Å². The molecule has 0 aromatic carbocycles. The quantitative estimate of drug-likeness (QED) is 0.702. The summed E-state index contributed by atoms with van der Waals surface area (Å²) in [6, 6.07) is 0. The molecule has 92 valence electrons. The van der Waals surface area contributed by atoms with Crippen LogP contribution in [0.15, 0.2) is 24.3 Å². The minimum Gasteiger partial charge on any atom is -0.465 e. The highest BCUT2D eigenvalue weighted by molar-refractivity contribution is 5.64. The van der Waals surface area contributed by atoms with Crippen LogP contribution < -0.4 is 0 Å². The molecule has 3 heteroatoms. The summed E-state index contributed by atoms with van der Waals surface area (Å²) < 4.78 is 0. The van der Waals surface area contributed by atoms with Gasteiger partial charge in [0, 0.05) is 19.0 Å². The Morgan fingerprint density at radius 3 is 2.44 bits per heavy atom. The van der Waals surface area contributed by atoms with Gasteiger partial charge >= 0.3 is 6.09 Å². The Bertz CT molecular complexity index is 280. The molecule has 0 heterocycles. The zero-order valence-electron chi connectivity index (χ0n) is 10.8. The maximum absolute atomic E-state index is 10.8. The van der Waals surface area contributed by atoms with Crippen molar-refractivity contribution in [2.45, 2.75) is 33.6 Å². The molecular formula is C13H23NO2. The zero-order chi connectivity index (χ0) is 12.8. The first kappa shape index (κ1) is 14.8. The average molecular weight is 225 g/mol. The van der Waals surface area contributed by atoms with E-state index in [1.54, 1.807) is 7.05 Å². The molecule has 0 aliphatic rings. The molecule has 0 spiro atoms. The van der Waals surface area contributed by atoms with Crippen molar-refractivity contribution in [3.8, 4) is 0 Å².